The van der Waals surface area contributed by atoms with Gasteiger partial charge in [0.05, 0.1) is 66.4 Å². The normalized spacial score (nSPS) is 12.5. The molecule has 49 heavy (non-hydrogen) atoms. The first-order valence-corrected chi connectivity index (χ1v) is 16.0. The Balaban J connectivity index is 1.49. The standard InChI is InChI=1S/C44H25N5/c1-46-43-42(48-37-22-10-4-16-30(37)31-17-5-11-23-38(31)48)26-41(47-35-20-8-2-14-28(35)29-15-3-9-21-36(29)47)34(27-45)44(43)49-39-24-12-6-18-32(39)33-19-7-13-25-40(33)49/h2-26H/i14D,16D,18D. The van der Waals surface area contributed by atoms with Crippen LogP contribution in [0.1, 0.15) is 9.68 Å². The van der Waals surface area contributed by atoms with E-state index in [4.69, 9.17) is 10.7 Å². The van der Waals surface area contributed by atoms with E-state index in [-0.39, 0.29) is 11.3 Å². The first-order valence-electron chi connectivity index (χ1n) is 17.5. The van der Waals surface area contributed by atoms with Crippen molar-refractivity contribution in [1.29, 1.82) is 5.26 Å². The van der Waals surface area contributed by atoms with Crippen molar-refractivity contribution in [3.63, 3.8) is 0 Å². The predicted molar refractivity (Wildman–Crippen MR) is 200 cm³/mol. The van der Waals surface area contributed by atoms with Gasteiger partial charge in [0.15, 0.2) is 0 Å². The zero-order valence-electron chi connectivity index (χ0n) is 28.9. The minimum absolute atomic E-state index is 0.262. The largest absolute Gasteiger partial charge is 0.319 e. The molecule has 0 atom stereocenters. The van der Waals surface area contributed by atoms with Gasteiger partial charge in [-0.1, -0.05) is 109 Å². The van der Waals surface area contributed by atoms with Crippen LogP contribution in [0, 0.1) is 17.9 Å². The van der Waals surface area contributed by atoms with Crippen LogP contribution in [0.3, 0.4) is 0 Å². The maximum atomic E-state index is 11.3. The number of fused-ring (bicyclic) bond motifs is 9. The maximum Gasteiger partial charge on any atom is 0.235 e. The molecule has 0 fully saturated rings. The van der Waals surface area contributed by atoms with Crippen LogP contribution >= 0.6 is 0 Å². The molecule has 0 saturated carbocycles. The summed E-state index contributed by atoms with van der Waals surface area (Å²) in [4.78, 5) is 4.25. The summed E-state index contributed by atoms with van der Waals surface area (Å²) in [5.41, 5.74) is 6.73. The van der Waals surface area contributed by atoms with Gasteiger partial charge in [-0.05, 0) is 42.5 Å². The van der Waals surface area contributed by atoms with Crippen molar-refractivity contribution in [2.45, 2.75) is 0 Å². The number of nitrogens with zero attached hydrogens (tertiary/aromatic N) is 5. The van der Waals surface area contributed by atoms with Crippen LogP contribution in [-0.2, 0) is 0 Å². The molecule has 0 aliphatic heterocycles. The summed E-state index contributed by atoms with van der Waals surface area (Å²) in [6, 6.07) is 45.9. The van der Waals surface area contributed by atoms with Gasteiger partial charge in [0.1, 0.15) is 6.07 Å². The van der Waals surface area contributed by atoms with Gasteiger partial charge < -0.3 is 13.7 Å². The van der Waals surface area contributed by atoms with E-state index in [0.29, 0.717) is 40.7 Å². The summed E-state index contributed by atoms with van der Waals surface area (Å²) in [5.74, 6) is 0. The predicted octanol–water partition coefficient (Wildman–Crippen LogP) is 11.4. The van der Waals surface area contributed by atoms with Gasteiger partial charge in [0.2, 0.25) is 5.69 Å². The van der Waals surface area contributed by atoms with Gasteiger partial charge in [-0.2, -0.15) is 5.26 Å². The summed E-state index contributed by atoms with van der Waals surface area (Å²) in [6.07, 6.45) is 0. The van der Waals surface area contributed by atoms with E-state index in [2.05, 4.69) is 10.9 Å². The lowest BCUT2D eigenvalue weighted by Gasteiger charge is -2.21. The number of hydrogen-bond acceptors (Lipinski definition) is 1. The third-order valence-corrected chi connectivity index (χ3v) is 9.63. The highest BCUT2D eigenvalue weighted by atomic mass is 15.1. The topological polar surface area (TPSA) is 42.9 Å². The zero-order chi connectivity index (χ0) is 35.2. The van der Waals surface area contributed by atoms with E-state index in [9.17, 15) is 5.26 Å². The van der Waals surface area contributed by atoms with Gasteiger partial charge >= 0.3 is 0 Å². The van der Waals surface area contributed by atoms with Gasteiger partial charge in [-0.15, -0.1) is 0 Å². The van der Waals surface area contributed by atoms with Crippen molar-refractivity contribution in [3.05, 3.63) is 169 Å². The van der Waals surface area contributed by atoms with Crippen LogP contribution in [-0.4, -0.2) is 13.7 Å². The van der Waals surface area contributed by atoms with Crippen molar-refractivity contribution >= 4 is 71.1 Å². The van der Waals surface area contributed by atoms with E-state index in [1.807, 2.05) is 129 Å². The average Bonchev–Trinajstić information content (AvgIpc) is 3.81. The highest BCUT2D eigenvalue weighted by molar-refractivity contribution is 6.13. The number of nitriles is 1. The van der Waals surface area contributed by atoms with Crippen LogP contribution in [0.4, 0.5) is 5.69 Å². The Morgan fingerprint density at radius 1 is 0.490 bits per heavy atom. The van der Waals surface area contributed by atoms with Crippen molar-refractivity contribution in [1.82, 2.24) is 13.7 Å². The molecule has 3 heterocycles. The van der Waals surface area contributed by atoms with Crippen molar-refractivity contribution in [2.24, 2.45) is 0 Å². The lowest BCUT2D eigenvalue weighted by Crippen LogP contribution is -2.08. The fourth-order valence-electron chi connectivity index (χ4n) is 7.70. The summed E-state index contributed by atoms with van der Waals surface area (Å²) < 4.78 is 32.9. The molecule has 0 saturated heterocycles. The Bertz CT molecular complexity index is 3100. The van der Waals surface area contributed by atoms with Crippen LogP contribution in [0.25, 0.3) is 87.3 Å². The van der Waals surface area contributed by atoms with Gasteiger partial charge in [-0.3, -0.25) is 0 Å². The van der Waals surface area contributed by atoms with Crippen molar-refractivity contribution < 1.29 is 4.11 Å². The summed E-state index contributed by atoms with van der Waals surface area (Å²) >= 11 is 0. The number of benzene rings is 7. The molecule has 0 aliphatic rings. The molecular formula is C44H25N5. The molecule has 0 bridgehead atoms. The average molecular weight is 627 g/mol. The van der Waals surface area contributed by atoms with E-state index < -0.39 is 0 Å². The molecule has 0 aliphatic carbocycles. The number of aromatic nitrogens is 3. The third kappa shape index (κ3) is 3.62. The third-order valence-electron chi connectivity index (χ3n) is 9.63. The summed E-state index contributed by atoms with van der Waals surface area (Å²) in [7, 11) is 0. The van der Waals surface area contributed by atoms with Crippen LogP contribution < -0.4 is 0 Å². The molecule has 5 heteroatoms. The zero-order valence-corrected chi connectivity index (χ0v) is 25.9. The van der Waals surface area contributed by atoms with Crippen molar-refractivity contribution in [2.75, 3.05) is 0 Å². The second-order valence-electron chi connectivity index (χ2n) is 12.1. The van der Waals surface area contributed by atoms with Gasteiger partial charge in [0, 0.05) is 32.3 Å². The fourth-order valence-corrected chi connectivity index (χ4v) is 7.70. The van der Waals surface area contributed by atoms with Gasteiger partial charge in [0.25, 0.3) is 0 Å². The Kier molecular flexibility index (Phi) is 5.03. The molecule has 5 nitrogen and oxygen atoms in total. The Morgan fingerprint density at radius 2 is 0.857 bits per heavy atom. The van der Waals surface area contributed by atoms with Crippen LogP contribution in [0.15, 0.2) is 152 Å². The quantitative estimate of drug-likeness (QED) is 0.180. The minimum atomic E-state index is 0.262. The number of para-hydroxylation sites is 6. The molecule has 10 rings (SSSR count). The number of rotatable bonds is 3. The van der Waals surface area contributed by atoms with E-state index in [1.165, 1.54) is 0 Å². The van der Waals surface area contributed by atoms with Gasteiger partial charge in [-0.25, -0.2) is 4.85 Å². The Morgan fingerprint density at radius 3 is 1.31 bits per heavy atom. The molecule has 0 N–H and O–H groups in total. The highest BCUT2D eigenvalue weighted by Gasteiger charge is 2.28. The van der Waals surface area contributed by atoms with E-state index >= 15 is 0 Å². The minimum Gasteiger partial charge on any atom is -0.319 e. The first-order chi connectivity index (χ1) is 25.5. The Labute approximate surface area is 285 Å². The summed E-state index contributed by atoms with van der Waals surface area (Å²) in [5, 5.41) is 16.2. The monoisotopic (exact) mass is 626 g/mol. The van der Waals surface area contributed by atoms with E-state index in [0.717, 1.165) is 59.9 Å². The molecule has 7 aromatic carbocycles. The molecule has 0 radical (unpaired) electrons. The lowest BCUT2D eigenvalue weighted by molar-refractivity contribution is 1.09. The van der Waals surface area contributed by atoms with Crippen molar-refractivity contribution in [3.8, 4) is 23.1 Å². The van der Waals surface area contributed by atoms with Crippen LogP contribution in [0.5, 0.6) is 0 Å². The van der Waals surface area contributed by atoms with Crippen LogP contribution in [0.2, 0.25) is 0 Å². The molecule has 0 amide bonds. The highest BCUT2D eigenvalue weighted by Crippen LogP contribution is 2.46. The van der Waals surface area contributed by atoms with E-state index in [1.54, 1.807) is 18.2 Å². The SMILES string of the molecule is [2H]c1cccc2c1c1ccccc1n2-c1cc(-n2c3ccccc3c3c([2H])cccc32)c([N+]#[C-])c(-n2c3ccccc3c3c([2H])cccc32)c1C#N. The molecule has 0 unspecified atom stereocenters. The second-order valence-corrected chi connectivity index (χ2v) is 12.1. The fraction of sp³-hybridized carbons (Fsp3) is 0. The second kappa shape index (κ2) is 10.2. The molecule has 3 aromatic heterocycles. The lowest BCUT2D eigenvalue weighted by atomic mass is 10.1. The number of hydrogen-bond donors (Lipinski definition) is 0. The molecular weight excluding hydrogens is 599 g/mol. The summed E-state index contributed by atoms with van der Waals surface area (Å²) in [6.45, 7) is 8.84. The smallest absolute Gasteiger partial charge is 0.235 e. The molecule has 226 valence electrons. The maximum absolute atomic E-state index is 11.3. The Hall–Kier alpha value is -7.08. The molecule has 10 aromatic rings. The first kappa shape index (κ1) is 24.1. The molecule has 0 spiro atoms.